The number of aromatic nitrogens is 1. The molecule has 0 bridgehead atoms. The summed E-state index contributed by atoms with van der Waals surface area (Å²) >= 11 is 0. The van der Waals surface area contributed by atoms with E-state index < -0.39 is 28.6 Å². The number of nitrogens with zero attached hydrogens (tertiary/aromatic N) is 3. The SMILES string of the molecule is O=C(O)c1cn2c(c(O)c1=O)C(=O)N(CC1CCC1)CN2C1c2ccccc2CCc2ccccc21. The molecule has 2 heterocycles. The first-order chi connectivity index (χ1) is 17.4. The molecule has 0 radical (unpaired) electrons. The quantitative estimate of drug-likeness (QED) is 0.588. The maximum absolute atomic E-state index is 13.6. The summed E-state index contributed by atoms with van der Waals surface area (Å²) in [4.78, 5) is 39.9. The van der Waals surface area contributed by atoms with Crippen LogP contribution in [0.4, 0.5) is 0 Å². The maximum Gasteiger partial charge on any atom is 0.341 e. The van der Waals surface area contributed by atoms with Gasteiger partial charge in [-0.3, -0.25) is 19.3 Å². The average molecular weight is 486 g/mol. The maximum atomic E-state index is 13.6. The lowest BCUT2D eigenvalue weighted by molar-refractivity contribution is 0.0604. The van der Waals surface area contributed by atoms with Gasteiger partial charge < -0.3 is 15.1 Å². The van der Waals surface area contributed by atoms with Crippen LogP contribution in [0.15, 0.2) is 59.5 Å². The Balaban J connectivity index is 1.60. The number of hydrogen-bond donors (Lipinski definition) is 2. The van der Waals surface area contributed by atoms with Gasteiger partial charge in [0.25, 0.3) is 5.91 Å². The highest BCUT2D eigenvalue weighted by Gasteiger charge is 2.40. The van der Waals surface area contributed by atoms with Gasteiger partial charge in [0.15, 0.2) is 11.4 Å². The highest BCUT2D eigenvalue weighted by molar-refractivity contribution is 5.98. The summed E-state index contributed by atoms with van der Waals surface area (Å²) in [5.74, 6) is -2.35. The van der Waals surface area contributed by atoms with Crippen LogP contribution in [0.1, 0.15) is 68.4 Å². The van der Waals surface area contributed by atoms with E-state index in [1.54, 1.807) is 4.90 Å². The molecule has 3 aliphatic rings. The van der Waals surface area contributed by atoms with Crippen molar-refractivity contribution < 1.29 is 19.8 Å². The van der Waals surface area contributed by atoms with Crippen molar-refractivity contribution in [2.45, 2.75) is 38.1 Å². The first kappa shape index (κ1) is 22.4. The van der Waals surface area contributed by atoms with Gasteiger partial charge in [0, 0.05) is 12.7 Å². The predicted octanol–water partition coefficient (Wildman–Crippen LogP) is 3.29. The van der Waals surface area contributed by atoms with Gasteiger partial charge in [-0.25, -0.2) is 4.79 Å². The minimum atomic E-state index is -1.45. The van der Waals surface area contributed by atoms with Gasteiger partial charge in [-0.05, 0) is 53.9 Å². The van der Waals surface area contributed by atoms with Gasteiger partial charge in [0.1, 0.15) is 12.2 Å². The van der Waals surface area contributed by atoms with Crippen molar-refractivity contribution in [1.82, 2.24) is 9.58 Å². The second-order valence-electron chi connectivity index (χ2n) is 9.92. The molecule has 2 aromatic carbocycles. The Morgan fingerprint density at radius 1 is 0.944 bits per heavy atom. The molecule has 2 aliphatic carbocycles. The number of carboxylic acids is 1. The first-order valence-electron chi connectivity index (χ1n) is 12.4. The number of pyridine rings is 1. The van der Waals surface area contributed by atoms with E-state index in [4.69, 9.17) is 0 Å². The van der Waals surface area contributed by atoms with Crippen LogP contribution in [0.3, 0.4) is 0 Å². The molecule has 36 heavy (non-hydrogen) atoms. The molecular weight excluding hydrogens is 458 g/mol. The highest BCUT2D eigenvalue weighted by atomic mass is 16.4. The number of carbonyl (C=O) groups excluding carboxylic acids is 1. The van der Waals surface area contributed by atoms with E-state index in [2.05, 4.69) is 24.3 Å². The van der Waals surface area contributed by atoms with E-state index in [-0.39, 0.29) is 18.4 Å². The molecule has 6 rings (SSSR count). The zero-order valence-electron chi connectivity index (χ0n) is 19.8. The van der Waals surface area contributed by atoms with E-state index in [1.165, 1.54) is 22.0 Å². The summed E-state index contributed by atoms with van der Waals surface area (Å²) in [6.07, 6.45) is 6.10. The molecule has 0 spiro atoms. The third kappa shape index (κ3) is 3.47. The molecular formula is C28H27N3O5. The topological polar surface area (TPSA) is 103 Å². The Morgan fingerprint density at radius 2 is 1.56 bits per heavy atom. The summed E-state index contributed by atoms with van der Waals surface area (Å²) in [7, 11) is 0. The second-order valence-corrected chi connectivity index (χ2v) is 9.92. The molecule has 0 atom stereocenters. The number of aromatic hydroxyl groups is 1. The van der Waals surface area contributed by atoms with Gasteiger partial charge in [-0.15, -0.1) is 0 Å². The fourth-order valence-electron chi connectivity index (χ4n) is 5.75. The van der Waals surface area contributed by atoms with Crippen molar-refractivity contribution in [2.75, 3.05) is 18.2 Å². The monoisotopic (exact) mass is 485 g/mol. The van der Waals surface area contributed by atoms with Crippen LogP contribution in [0.25, 0.3) is 0 Å². The number of aryl methyl sites for hydroxylation is 2. The summed E-state index contributed by atoms with van der Waals surface area (Å²) < 4.78 is 1.41. The standard InChI is InChI=1S/C28H27N3O5/c32-25-22(28(35)36)15-30-24(26(25)33)27(34)29(14-17-6-5-7-17)16-31(30)23-20-10-3-1-8-18(20)12-13-19-9-2-4-11-21(19)23/h1-4,8-11,15,17,23,33H,5-7,12-14,16H2,(H,35,36). The number of hydrogen-bond acceptors (Lipinski definition) is 5. The van der Waals surface area contributed by atoms with Crippen molar-refractivity contribution in [3.8, 4) is 5.75 Å². The van der Waals surface area contributed by atoms with Crippen LogP contribution < -0.4 is 10.4 Å². The molecule has 3 aromatic rings. The molecule has 1 aliphatic heterocycles. The number of rotatable bonds is 4. The molecule has 8 nitrogen and oxygen atoms in total. The molecule has 1 fully saturated rings. The van der Waals surface area contributed by atoms with Crippen molar-refractivity contribution in [2.24, 2.45) is 5.92 Å². The number of amides is 1. The van der Waals surface area contributed by atoms with Crippen LogP contribution >= 0.6 is 0 Å². The molecule has 8 heteroatoms. The molecule has 184 valence electrons. The summed E-state index contributed by atoms with van der Waals surface area (Å²) in [6, 6.07) is 16.0. The van der Waals surface area contributed by atoms with Crippen molar-refractivity contribution in [3.63, 3.8) is 0 Å². The third-order valence-corrected chi connectivity index (χ3v) is 7.84. The Labute approximate surface area is 208 Å². The molecule has 0 saturated heterocycles. The summed E-state index contributed by atoms with van der Waals surface area (Å²) in [6.45, 7) is 0.733. The average Bonchev–Trinajstić information content (AvgIpc) is 3.01. The molecule has 1 amide bonds. The Hall–Kier alpha value is -4.07. The Kier molecular flexibility index (Phi) is 5.32. The number of fused-ring (bicyclic) bond motifs is 3. The number of aromatic carboxylic acids is 1. The van der Waals surface area contributed by atoms with E-state index in [1.807, 2.05) is 29.3 Å². The van der Waals surface area contributed by atoms with Gasteiger partial charge in [0.2, 0.25) is 5.43 Å². The normalized spacial score (nSPS) is 17.6. The third-order valence-electron chi connectivity index (χ3n) is 7.84. The minimum Gasteiger partial charge on any atom is -0.502 e. The largest absolute Gasteiger partial charge is 0.502 e. The minimum absolute atomic E-state index is 0.185. The molecule has 2 N–H and O–H groups in total. The van der Waals surface area contributed by atoms with Crippen molar-refractivity contribution in [1.29, 1.82) is 0 Å². The summed E-state index contributed by atoms with van der Waals surface area (Å²) in [5.41, 5.74) is 2.65. The number of benzene rings is 2. The number of carbonyl (C=O) groups is 2. The smallest absolute Gasteiger partial charge is 0.341 e. The van der Waals surface area contributed by atoms with Crippen LogP contribution in [-0.4, -0.2) is 44.9 Å². The van der Waals surface area contributed by atoms with E-state index in [9.17, 15) is 24.6 Å². The lowest BCUT2D eigenvalue weighted by atomic mass is 9.85. The van der Waals surface area contributed by atoms with E-state index in [0.29, 0.717) is 12.5 Å². The first-order valence-corrected chi connectivity index (χ1v) is 12.4. The summed E-state index contributed by atoms with van der Waals surface area (Å²) in [5, 5.41) is 22.5. The highest BCUT2D eigenvalue weighted by Crippen LogP contribution is 2.39. The van der Waals surface area contributed by atoms with Gasteiger partial charge in [-0.2, -0.15) is 0 Å². The fraction of sp³-hybridized carbons (Fsp3) is 0.321. The van der Waals surface area contributed by atoms with Crippen molar-refractivity contribution >= 4 is 11.9 Å². The Bertz CT molecular complexity index is 1390. The van der Waals surface area contributed by atoms with E-state index >= 15 is 0 Å². The molecule has 1 aromatic heterocycles. The molecule has 1 saturated carbocycles. The van der Waals surface area contributed by atoms with E-state index in [0.717, 1.165) is 43.2 Å². The second kappa shape index (κ2) is 8.55. The lowest BCUT2D eigenvalue weighted by Gasteiger charge is -2.45. The Morgan fingerprint density at radius 3 is 2.11 bits per heavy atom. The van der Waals surface area contributed by atoms with Gasteiger partial charge in [0.05, 0.1) is 6.04 Å². The van der Waals surface area contributed by atoms with Crippen LogP contribution in [-0.2, 0) is 12.8 Å². The van der Waals surface area contributed by atoms with Crippen LogP contribution in [0.2, 0.25) is 0 Å². The van der Waals surface area contributed by atoms with Crippen molar-refractivity contribution in [3.05, 3.63) is 98.5 Å². The zero-order chi connectivity index (χ0) is 25.0. The molecule has 0 unspecified atom stereocenters. The number of carboxylic acid groups (broad SMARTS) is 1. The van der Waals surface area contributed by atoms with Gasteiger partial charge in [-0.1, -0.05) is 55.0 Å². The van der Waals surface area contributed by atoms with Crippen LogP contribution in [0, 0.1) is 5.92 Å². The lowest BCUT2D eigenvalue weighted by Crippen LogP contribution is -2.57. The zero-order valence-corrected chi connectivity index (χ0v) is 19.8. The predicted molar refractivity (Wildman–Crippen MR) is 133 cm³/mol. The fourth-order valence-corrected chi connectivity index (χ4v) is 5.75. The van der Waals surface area contributed by atoms with Gasteiger partial charge >= 0.3 is 5.97 Å². The van der Waals surface area contributed by atoms with Crippen LogP contribution in [0.5, 0.6) is 5.75 Å².